The molecule has 4 rings (SSSR count). The molecule has 30 heavy (non-hydrogen) atoms. The van der Waals surface area contributed by atoms with Crippen LogP contribution >= 0.6 is 11.3 Å². The number of hydrogen-bond acceptors (Lipinski definition) is 7. The number of nitrogens with one attached hydrogen (secondary N) is 3. The first-order valence-electron chi connectivity index (χ1n) is 8.87. The molecule has 0 aliphatic rings. The third-order valence-electron chi connectivity index (χ3n) is 4.24. The molecule has 3 heterocycles. The molecule has 1 aromatic carbocycles. The first kappa shape index (κ1) is 19.4. The van der Waals surface area contributed by atoms with E-state index in [2.05, 4.69) is 26.0 Å². The Morgan fingerprint density at radius 2 is 1.90 bits per heavy atom. The van der Waals surface area contributed by atoms with Gasteiger partial charge in [-0.2, -0.15) is 5.10 Å². The van der Waals surface area contributed by atoms with E-state index < -0.39 is 11.8 Å². The second-order valence-corrected chi connectivity index (χ2v) is 7.41. The number of ether oxygens (including phenoxy) is 1. The zero-order chi connectivity index (χ0) is 21.1. The van der Waals surface area contributed by atoms with Gasteiger partial charge >= 0.3 is 0 Å². The number of furan rings is 1. The summed E-state index contributed by atoms with van der Waals surface area (Å²) in [5, 5.41) is 7.38. The molecule has 152 valence electrons. The first-order chi connectivity index (χ1) is 14.5. The van der Waals surface area contributed by atoms with Crippen LogP contribution in [-0.2, 0) is 0 Å². The highest BCUT2D eigenvalue weighted by molar-refractivity contribution is 7.15. The Bertz CT molecular complexity index is 1180. The van der Waals surface area contributed by atoms with E-state index in [1.165, 1.54) is 17.6 Å². The third-order valence-corrected chi connectivity index (χ3v) is 5.23. The molecule has 0 spiro atoms. The van der Waals surface area contributed by atoms with Crippen molar-refractivity contribution in [2.75, 3.05) is 7.11 Å². The molecule has 0 unspecified atom stereocenters. The molecule has 0 radical (unpaired) electrons. The summed E-state index contributed by atoms with van der Waals surface area (Å²) in [5.41, 5.74) is 6.56. The molecule has 9 nitrogen and oxygen atoms in total. The van der Waals surface area contributed by atoms with Crippen molar-refractivity contribution < 1.29 is 18.7 Å². The Balaban J connectivity index is 1.40. The first-order valence-corrected chi connectivity index (χ1v) is 9.68. The number of carbonyl (C=O) groups is 2. The zero-order valence-electron chi connectivity index (χ0n) is 16.1. The lowest BCUT2D eigenvalue weighted by Gasteiger charge is -2.04. The SMILES string of the molecule is COc1ccc(-c2cc(C(=O)NNC(=O)c3nc(-c4ccco4)sc3C)[nH]n2)cc1. The predicted molar refractivity (Wildman–Crippen MR) is 110 cm³/mol. The molecular weight excluding hydrogens is 406 g/mol. The van der Waals surface area contributed by atoms with Gasteiger partial charge in [0.15, 0.2) is 10.8 Å². The van der Waals surface area contributed by atoms with Gasteiger partial charge in [-0.1, -0.05) is 0 Å². The van der Waals surface area contributed by atoms with E-state index in [4.69, 9.17) is 9.15 Å². The number of hydrogen-bond donors (Lipinski definition) is 3. The summed E-state index contributed by atoms with van der Waals surface area (Å²) in [6, 6.07) is 12.4. The fourth-order valence-corrected chi connectivity index (χ4v) is 3.58. The molecule has 0 fully saturated rings. The van der Waals surface area contributed by atoms with Gasteiger partial charge in [-0.15, -0.1) is 11.3 Å². The summed E-state index contributed by atoms with van der Waals surface area (Å²) in [7, 11) is 1.59. The van der Waals surface area contributed by atoms with Crippen molar-refractivity contribution in [3.63, 3.8) is 0 Å². The van der Waals surface area contributed by atoms with E-state index >= 15 is 0 Å². The van der Waals surface area contributed by atoms with Crippen LogP contribution < -0.4 is 15.6 Å². The van der Waals surface area contributed by atoms with Gasteiger partial charge < -0.3 is 9.15 Å². The van der Waals surface area contributed by atoms with Crippen LogP contribution in [-0.4, -0.2) is 34.1 Å². The average Bonchev–Trinajstić information content (AvgIpc) is 3.52. The van der Waals surface area contributed by atoms with Crippen molar-refractivity contribution in [2.24, 2.45) is 0 Å². The number of thiazole rings is 1. The van der Waals surface area contributed by atoms with Crippen molar-refractivity contribution in [3.05, 3.63) is 65.0 Å². The van der Waals surface area contributed by atoms with Crippen molar-refractivity contribution >= 4 is 23.2 Å². The van der Waals surface area contributed by atoms with E-state index in [1.807, 2.05) is 12.1 Å². The summed E-state index contributed by atoms with van der Waals surface area (Å²) < 4.78 is 10.4. The number of aryl methyl sites for hydroxylation is 1. The van der Waals surface area contributed by atoms with Gasteiger partial charge in [0.25, 0.3) is 11.8 Å². The molecule has 0 atom stereocenters. The molecule has 10 heteroatoms. The lowest BCUT2D eigenvalue weighted by atomic mass is 10.1. The monoisotopic (exact) mass is 423 g/mol. The third kappa shape index (κ3) is 3.94. The minimum Gasteiger partial charge on any atom is -0.497 e. The molecular formula is C20H17N5O4S. The van der Waals surface area contributed by atoms with E-state index in [1.54, 1.807) is 44.4 Å². The van der Waals surface area contributed by atoms with Crippen LogP contribution in [0.15, 0.2) is 53.1 Å². The van der Waals surface area contributed by atoms with Crippen molar-refractivity contribution in [1.82, 2.24) is 26.0 Å². The lowest BCUT2D eigenvalue weighted by Crippen LogP contribution is -2.42. The zero-order valence-corrected chi connectivity index (χ0v) is 16.9. The van der Waals surface area contributed by atoms with Gasteiger partial charge in [0.05, 0.1) is 19.1 Å². The van der Waals surface area contributed by atoms with Crippen LogP contribution in [0.3, 0.4) is 0 Å². The Hall–Kier alpha value is -3.92. The molecule has 3 N–H and O–H groups in total. The summed E-state index contributed by atoms with van der Waals surface area (Å²) in [4.78, 5) is 29.8. The Morgan fingerprint density at radius 3 is 2.60 bits per heavy atom. The summed E-state index contributed by atoms with van der Waals surface area (Å²) >= 11 is 1.33. The van der Waals surface area contributed by atoms with Crippen molar-refractivity contribution in [1.29, 1.82) is 0 Å². The maximum atomic E-state index is 12.4. The molecule has 0 bridgehead atoms. The highest BCUT2D eigenvalue weighted by Gasteiger charge is 2.19. The minimum absolute atomic E-state index is 0.201. The van der Waals surface area contributed by atoms with Crippen LogP contribution in [0.25, 0.3) is 22.0 Å². The Labute approximate surface area is 175 Å². The largest absolute Gasteiger partial charge is 0.497 e. The molecule has 0 aliphatic heterocycles. The van der Waals surface area contributed by atoms with Crippen LogP contribution in [0.2, 0.25) is 0 Å². The maximum absolute atomic E-state index is 12.4. The van der Waals surface area contributed by atoms with E-state index in [-0.39, 0.29) is 11.4 Å². The molecule has 0 aliphatic carbocycles. The van der Waals surface area contributed by atoms with Crippen LogP contribution in [0.5, 0.6) is 5.75 Å². The van der Waals surface area contributed by atoms with Gasteiger partial charge in [-0.25, -0.2) is 4.98 Å². The number of aromatic nitrogens is 3. The predicted octanol–water partition coefficient (Wildman–Crippen LogP) is 3.19. The second kappa shape index (κ2) is 8.21. The topological polar surface area (TPSA) is 122 Å². The molecule has 3 aromatic heterocycles. The number of aromatic amines is 1. The number of nitrogens with zero attached hydrogens (tertiary/aromatic N) is 2. The minimum atomic E-state index is -0.533. The van der Waals surface area contributed by atoms with Gasteiger partial charge in [0, 0.05) is 10.4 Å². The fourth-order valence-electron chi connectivity index (χ4n) is 2.70. The molecule has 4 aromatic rings. The normalized spacial score (nSPS) is 10.6. The van der Waals surface area contributed by atoms with Crippen LogP contribution in [0.1, 0.15) is 25.9 Å². The van der Waals surface area contributed by atoms with Gasteiger partial charge in [0.1, 0.15) is 17.1 Å². The Kier molecular flexibility index (Phi) is 5.31. The average molecular weight is 423 g/mol. The van der Waals surface area contributed by atoms with Gasteiger partial charge in [-0.3, -0.25) is 25.5 Å². The smallest absolute Gasteiger partial charge is 0.289 e. The molecule has 0 saturated carbocycles. The highest BCUT2D eigenvalue weighted by Crippen LogP contribution is 2.27. The second-order valence-electron chi connectivity index (χ2n) is 6.20. The quantitative estimate of drug-likeness (QED) is 0.424. The lowest BCUT2D eigenvalue weighted by molar-refractivity contribution is 0.0841. The van der Waals surface area contributed by atoms with Crippen molar-refractivity contribution in [3.8, 4) is 27.8 Å². The summed E-state index contributed by atoms with van der Waals surface area (Å²) in [6.07, 6.45) is 1.54. The van der Waals surface area contributed by atoms with Crippen LogP contribution in [0.4, 0.5) is 0 Å². The van der Waals surface area contributed by atoms with E-state index in [0.717, 1.165) is 11.3 Å². The number of benzene rings is 1. The molecule has 2 amide bonds. The fraction of sp³-hybridized carbons (Fsp3) is 0.100. The van der Waals surface area contributed by atoms with Gasteiger partial charge in [0.2, 0.25) is 0 Å². The number of methoxy groups -OCH3 is 1. The van der Waals surface area contributed by atoms with Crippen LogP contribution in [0, 0.1) is 6.92 Å². The molecule has 0 saturated heterocycles. The number of hydrazine groups is 1. The standard InChI is InChI=1S/C20H17N5O4S/c1-11-17(21-20(30-11)16-4-3-9-29-16)19(27)25-24-18(26)15-10-14(22-23-15)12-5-7-13(28-2)8-6-12/h3-10H,1-2H3,(H,22,23)(H,24,26)(H,25,27). The Morgan fingerprint density at radius 1 is 1.13 bits per heavy atom. The van der Waals surface area contributed by atoms with E-state index in [9.17, 15) is 9.59 Å². The van der Waals surface area contributed by atoms with E-state index in [0.29, 0.717) is 21.3 Å². The number of amides is 2. The summed E-state index contributed by atoms with van der Waals surface area (Å²) in [5.74, 6) is 0.247. The summed E-state index contributed by atoms with van der Waals surface area (Å²) in [6.45, 7) is 1.77. The number of carbonyl (C=O) groups excluding carboxylic acids is 2. The van der Waals surface area contributed by atoms with Crippen molar-refractivity contribution in [2.45, 2.75) is 6.92 Å². The maximum Gasteiger partial charge on any atom is 0.289 e. The number of H-pyrrole nitrogens is 1. The highest BCUT2D eigenvalue weighted by atomic mass is 32.1. The van der Waals surface area contributed by atoms with Gasteiger partial charge in [-0.05, 0) is 49.4 Å². The number of rotatable bonds is 5.